The molecule has 0 aliphatic rings. The van der Waals surface area contributed by atoms with Gasteiger partial charge in [-0.15, -0.1) is 0 Å². The third-order valence-electron chi connectivity index (χ3n) is 2.66. The Kier molecular flexibility index (Phi) is 5.84. The molecule has 0 aliphatic heterocycles. The number of pyridine rings is 1. The van der Waals surface area contributed by atoms with Crippen LogP contribution in [-0.4, -0.2) is 22.7 Å². The molecule has 0 fully saturated rings. The summed E-state index contributed by atoms with van der Waals surface area (Å²) in [6, 6.07) is 8.04. The second-order valence-corrected chi connectivity index (χ2v) is 5.17. The van der Waals surface area contributed by atoms with E-state index in [1.54, 1.807) is 24.3 Å². The van der Waals surface area contributed by atoms with Crippen LogP contribution < -0.4 is 9.47 Å². The van der Waals surface area contributed by atoms with Crippen molar-refractivity contribution in [3.05, 3.63) is 52.0 Å². The lowest BCUT2D eigenvalue weighted by molar-refractivity contribution is -0.131. The van der Waals surface area contributed by atoms with Crippen molar-refractivity contribution in [2.45, 2.75) is 6.92 Å². The Balaban J connectivity index is 2.39. The van der Waals surface area contributed by atoms with Crippen molar-refractivity contribution < 1.29 is 19.4 Å². The summed E-state index contributed by atoms with van der Waals surface area (Å²) in [5.41, 5.74) is 0.474. The van der Waals surface area contributed by atoms with E-state index in [2.05, 4.69) is 4.98 Å². The number of halogens is 2. The predicted molar refractivity (Wildman–Crippen MR) is 88.6 cm³/mol. The minimum absolute atomic E-state index is 0.178. The first-order chi connectivity index (χ1) is 11.0. The molecule has 0 spiro atoms. The summed E-state index contributed by atoms with van der Waals surface area (Å²) in [5, 5.41) is 9.55. The molecular weight excluding hydrogens is 341 g/mol. The van der Waals surface area contributed by atoms with Gasteiger partial charge in [0, 0.05) is 22.7 Å². The maximum Gasteiger partial charge on any atom is 0.328 e. The average molecular weight is 354 g/mol. The van der Waals surface area contributed by atoms with E-state index < -0.39 is 5.97 Å². The molecule has 1 aromatic heterocycles. The second-order valence-electron chi connectivity index (χ2n) is 4.33. The van der Waals surface area contributed by atoms with Gasteiger partial charge >= 0.3 is 5.97 Å². The minimum atomic E-state index is -1.07. The molecule has 23 heavy (non-hydrogen) atoms. The van der Waals surface area contributed by atoms with Crippen LogP contribution in [0.3, 0.4) is 0 Å². The van der Waals surface area contributed by atoms with E-state index in [0.29, 0.717) is 33.8 Å². The Labute approximate surface area is 143 Å². The SMILES string of the molecule is CCOc1ccc(/C=C/C(=O)O)c(Oc2ccc(Cl)cc2Cl)n1. The molecule has 5 nitrogen and oxygen atoms in total. The summed E-state index contributed by atoms with van der Waals surface area (Å²) in [4.78, 5) is 14.9. The fourth-order valence-corrected chi connectivity index (χ4v) is 2.14. The van der Waals surface area contributed by atoms with E-state index in [0.717, 1.165) is 6.08 Å². The van der Waals surface area contributed by atoms with E-state index in [1.807, 2.05) is 6.92 Å². The summed E-state index contributed by atoms with van der Waals surface area (Å²) >= 11 is 11.9. The first-order valence-corrected chi connectivity index (χ1v) is 7.43. The summed E-state index contributed by atoms with van der Waals surface area (Å²) in [6.07, 6.45) is 2.37. The highest BCUT2D eigenvalue weighted by molar-refractivity contribution is 6.35. The van der Waals surface area contributed by atoms with Gasteiger partial charge in [0.05, 0.1) is 11.6 Å². The van der Waals surface area contributed by atoms with Gasteiger partial charge in [0.25, 0.3) is 0 Å². The van der Waals surface area contributed by atoms with Crippen molar-refractivity contribution in [2.75, 3.05) is 6.61 Å². The van der Waals surface area contributed by atoms with Crippen molar-refractivity contribution in [2.24, 2.45) is 0 Å². The third-order valence-corrected chi connectivity index (χ3v) is 3.19. The van der Waals surface area contributed by atoms with Gasteiger partial charge in [-0.3, -0.25) is 0 Å². The molecule has 2 aromatic rings. The number of aromatic nitrogens is 1. The van der Waals surface area contributed by atoms with Crippen LogP contribution in [0.2, 0.25) is 10.0 Å². The lowest BCUT2D eigenvalue weighted by Gasteiger charge is -2.11. The summed E-state index contributed by atoms with van der Waals surface area (Å²) in [6.45, 7) is 2.27. The van der Waals surface area contributed by atoms with E-state index in [9.17, 15) is 4.79 Å². The number of ether oxygens (including phenoxy) is 2. The molecule has 0 atom stereocenters. The van der Waals surface area contributed by atoms with Crippen LogP contribution in [-0.2, 0) is 4.79 Å². The van der Waals surface area contributed by atoms with E-state index >= 15 is 0 Å². The van der Waals surface area contributed by atoms with Gasteiger partial charge in [-0.05, 0) is 37.3 Å². The molecule has 1 N–H and O–H groups in total. The van der Waals surface area contributed by atoms with Crippen LogP contribution in [0.15, 0.2) is 36.4 Å². The van der Waals surface area contributed by atoms with Gasteiger partial charge in [0.2, 0.25) is 11.8 Å². The molecule has 0 bridgehead atoms. The lowest BCUT2D eigenvalue weighted by atomic mass is 10.2. The lowest BCUT2D eigenvalue weighted by Crippen LogP contribution is -1.98. The number of benzene rings is 1. The number of nitrogens with zero attached hydrogens (tertiary/aromatic N) is 1. The number of carboxylic acid groups (broad SMARTS) is 1. The topological polar surface area (TPSA) is 68.7 Å². The molecular formula is C16H13Cl2NO4. The Morgan fingerprint density at radius 3 is 2.74 bits per heavy atom. The largest absolute Gasteiger partial charge is 0.478 e. The highest BCUT2D eigenvalue weighted by Gasteiger charge is 2.10. The minimum Gasteiger partial charge on any atom is -0.478 e. The van der Waals surface area contributed by atoms with Gasteiger partial charge in [-0.1, -0.05) is 23.2 Å². The zero-order valence-electron chi connectivity index (χ0n) is 12.1. The number of carbonyl (C=O) groups is 1. The Bertz CT molecular complexity index is 747. The standard InChI is InChI=1S/C16H13Cl2NO4/c1-2-22-14-7-3-10(4-8-15(20)21)16(19-14)23-13-6-5-11(17)9-12(13)18/h3-9H,2H2,1H3,(H,20,21)/b8-4+. The highest BCUT2D eigenvalue weighted by Crippen LogP contribution is 2.33. The molecule has 0 unspecified atom stereocenters. The van der Waals surface area contributed by atoms with E-state index in [1.165, 1.54) is 12.1 Å². The van der Waals surface area contributed by atoms with Gasteiger partial charge in [-0.2, -0.15) is 4.98 Å². The molecule has 0 amide bonds. The zero-order chi connectivity index (χ0) is 16.8. The quantitative estimate of drug-likeness (QED) is 0.763. The predicted octanol–water partition coefficient (Wildman–Crippen LogP) is 4.68. The van der Waals surface area contributed by atoms with Crippen molar-refractivity contribution >= 4 is 35.2 Å². The second kappa shape index (κ2) is 7.85. The maximum atomic E-state index is 10.7. The fourth-order valence-electron chi connectivity index (χ4n) is 1.69. The molecule has 2 rings (SSSR count). The molecule has 0 saturated heterocycles. The molecule has 0 saturated carbocycles. The number of hydrogen-bond donors (Lipinski definition) is 1. The molecule has 7 heteroatoms. The third kappa shape index (κ3) is 4.87. The van der Waals surface area contributed by atoms with Gasteiger partial charge in [-0.25, -0.2) is 4.79 Å². The average Bonchev–Trinajstić information content (AvgIpc) is 2.49. The van der Waals surface area contributed by atoms with Gasteiger partial charge in [0.1, 0.15) is 5.75 Å². The Morgan fingerprint density at radius 2 is 2.09 bits per heavy atom. The van der Waals surface area contributed by atoms with E-state index in [-0.39, 0.29) is 5.88 Å². The van der Waals surface area contributed by atoms with Crippen LogP contribution in [0.25, 0.3) is 6.08 Å². The van der Waals surface area contributed by atoms with Gasteiger partial charge < -0.3 is 14.6 Å². The Hall–Kier alpha value is -2.24. The smallest absolute Gasteiger partial charge is 0.328 e. The molecule has 1 aromatic carbocycles. The van der Waals surface area contributed by atoms with Crippen LogP contribution >= 0.6 is 23.2 Å². The fraction of sp³-hybridized carbons (Fsp3) is 0.125. The molecule has 0 aliphatic carbocycles. The zero-order valence-corrected chi connectivity index (χ0v) is 13.6. The molecule has 0 radical (unpaired) electrons. The number of aliphatic carboxylic acids is 1. The van der Waals surface area contributed by atoms with Gasteiger partial charge in [0.15, 0.2) is 0 Å². The van der Waals surface area contributed by atoms with Crippen LogP contribution in [0.1, 0.15) is 12.5 Å². The van der Waals surface area contributed by atoms with Crippen molar-refractivity contribution in [1.29, 1.82) is 0 Å². The summed E-state index contributed by atoms with van der Waals surface area (Å²) in [5.74, 6) is -0.186. The highest BCUT2D eigenvalue weighted by atomic mass is 35.5. The van der Waals surface area contributed by atoms with E-state index in [4.69, 9.17) is 37.8 Å². The number of rotatable bonds is 6. The molecule has 120 valence electrons. The Morgan fingerprint density at radius 1 is 1.30 bits per heavy atom. The van der Waals surface area contributed by atoms with Crippen molar-refractivity contribution in [1.82, 2.24) is 4.98 Å². The van der Waals surface area contributed by atoms with Crippen LogP contribution in [0, 0.1) is 0 Å². The summed E-state index contributed by atoms with van der Waals surface area (Å²) in [7, 11) is 0. The molecule has 1 heterocycles. The monoisotopic (exact) mass is 353 g/mol. The first kappa shape index (κ1) is 17.1. The van der Waals surface area contributed by atoms with Crippen molar-refractivity contribution in [3.8, 4) is 17.5 Å². The first-order valence-electron chi connectivity index (χ1n) is 6.67. The van der Waals surface area contributed by atoms with Crippen molar-refractivity contribution in [3.63, 3.8) is 0 Å². The summed E-state index contributed by atoms with van der Waals surface area (Å²) < 4.78 is 11.0. The van der Waals surface area contributed by atoms with Crippen LogP contribution in [0.4, 0.5) is 0 Å². The normalized spacial score (nSPS) is 10.7. The maximum absolute atomic E-state index is 10.7. The van der Waals surface area contributed by atoms with Crippen LogP contribution in [0.5, 0.6) is 17.5 Å². The number of hydrogen-bond acceptors (Lipinski definition) is 4. The number of carboxylic acids is 1.